The van der Waals surface area contributed by atoms with E-state index in [0.717, 1.165) is 11.1 Å². The lowest BCUT2D eigenvalue weighted by molar-refractivity contribution is -0.254. The largest absolute Gasteiger partial charge is 0.545 e. The molecule has 24 heavy (non-hydrogen) atoms. The fourth-order valence-corrected chi connectivity index (χ4v) is 3.04. The topological polar surface area (TPSA) is 53.0 Å². The number of carboxylic acid groups (broad SMARTS) is 1. The van der Waals surface area contributed by atoms with Crippen LogP contribution in [0.2, 0.25) is 0 Å². The fourth-order valence-electron chi connectivity index (χ4n) is 3.04. The van der Waals surface area contributed by atoms with Gasteiger partial charge in [0.15, 0.2) is 0 Å². The molecule has 0 aliphatic carbocycles. The number of aryl methyl sites for hydroxylation is 1. The van der Waals surface area contributed by atoms with Crippen molar-refractivity contribution in [2.75, 3.05) is 0 Å². The minimum Gasteiger partial charge on any atom is -0.545 e. The molecule has 0 atom stereocenters. The van der Waals surface area contributed by atoms with Crippen LogP contribution in [0.3, 0.4) is 0 Å². The molecule has 0 bridgehead atoms. The Morgan fingerprint density at radius 3 is 2.29 bits per heavy atom. The molecule has 1 heterocycles. The van der Waals surface area contributed by atoms with Crippen molar-refractivity contribution in [3.8, 4) is 11.3 Å². The van der Waals surface area contributed by atoms with E-state index in [1.807, 2.05) is 37.3 Å². The van der Waals surface area contributed by atoms with Crippen molar-refractivity contribution in [2.45, 2.75) is 33.6 Å². The van der Waals surface area contributed by atoms with Crippen LogP contribution in [-0.4, -0.2) is 11.0 Å². The second kappa shape index (κ2) is 6.08. The Morgan fingerprint density at radius 2 is 1.71 bits per heavy atom. The molecule has 0 saturated heterocycles. The average molecular weight is 318 g/mol. The number of rotatable bonds is 3. The van der Waals surface area contributed by atoms with Crippen molar-refractivity contribution in [1.82, 2.24) is 4.98 Å². The van der Waals surface area contributed by atoms with E-state index in [1.165, 1.54) is 5.56 Å². The highest BCUT2D eigenvalue weighted by Gasteiger charge is 2.14. The Labute approximate surface area is 142 Å². The first kappa shape index (κ1) is 16.2. The molecule has 0 saturated carbocycles. The third-order valence-electron chi connectivity index (χ3n) is 4.44. The molecule has 0 radical (unpaired) electrons. The zero-order valence-corrected chi connectivity index (χ0v) is 14.4. The van der Waals surface area contributed by atoms with E-state index in [2.05, 4.69) is 26.0 Å². The normalized spacial score (nSPS) is 11.2. The van der Waals surface area contributed by atoms with Gasteiger partial charge in [-0.15, -0.1) is 0 Å². The summed E-state index contributed by atoms with van der Waals surface area (Å²) in [6.07, 6.45) is 0. The van der Waals surface area contributed by atoms with Crippen molar-refractivity contribution in [3.63, 3.8) is 0 Å². The van der Waals surface area contributed by atoms with E-state index in [1.54, 1.807) is 6.92 Å². The molecule has 2 aromatic carbocycles. The van der Waals surface area contributed by atoms with Gasteiger partial charge in [0.25, 0.3) is 0 Å². The molecule has 3 rings (SSSR count). The number of fused-ring (bicyclic) bond motifs is 1. The molecule has 0 N–H and O–H groups in total. The average Bonchev–Trinajstić information content (AvgIpc) is 2.54. The van der Waals surface area contributed by atoms with Gasteiger partial charge in [-0.25, -0.2) is 4.98 Å². The molecule has 0 spiro atoms. The summed E-state index contributed by atoms with van der Waals surface area (Å²) < 4.78 is 0. The number of aromatic carboxylic acids is 1. The van der Waals surface area contributed by atoms with Crippen LogP contribution in [0.1, 0.15) is 46.8 Å². The first-order valence-electron chi connectivity index (χ1n) is 8.11. The Hall–Kier alpha value is -2.68. The lowest BCUT2D eigenvalue weighted by atomic mass is 9.95. The van der Waals surface area contributed by atoms with Crippen LogP contribution in [0.5, 0.6) is 0 Å². The van der Waals surface area contributed by atoms with Gasteiger partial charge in [-0.3, -0.25) is 0 Å². The Morgan fingerprint density at radius 1 is 1.04 bits per heavy atom. The van der Waals surface area contributed by atoms with Gasteiger partial charge in [0.1, 0.15) is 0 Å². The number of hydrogen-bond donors (Lipinski definition) is 0. The minimum atomic E-state index is -1.16. The minimum absolute atomic E-state index is 0.228. The van der Waals surface area contributed by atoms with E-state index in [0.29, 0.717) is 28.1 Å². The van der Waals surface area contributed by atoms with Gasteiger partial charge in [0.2, 0.25) is 0 Å². The summed E-state index contributed by atoms with van der Waals surface area (Å²) in [7, 11) is 0. The second-order valence-corrected chi connectivity index (χ2v) is 6.55. The van der Waals surface area contributed by atoms with Crippen molar-refractivity contribution < 1.29 is 9.90 Å². The zero-order chi connectivity index (χ0) is 17.4. The Bertz CT molecular complexity index is 925. The summed E-state index contributed by atoms with van der Waals surface area (Å²) in [6.45, 7) is 8.02. The van der Waals surface area contributed by atoms with Gasteiger partial charge in [-0.05, 0) is 43.0 Å². The summed E-state index contributed by atoms with van der Waals surface area (Å²) in [5, 5.41) is 12.4. The van der Waals surface area contributed by atoms with Crippen LogP contribution in [0.4, 0.5) is 0 Å². The zero-order valence-electron chi connectivity index (χ0n) is 14.4. The predicted molar refractivity (Wildman–Crippen MR) is 95.1 cm³/mol. The predicted octanol–water partition coefficient (Wildman–Crippen LogP) is 4.01. The number of nitrogens with zero attached hydrogens (tertiary/aromatic N) is 1. The maximum absolute atomic E-state index is 11.7. The number of carbonyl (C=O) groups is 1. The van der Waals surface area contributed by atoms with Crippen molar-refractivity contribution in [2.24, 2.45) is 0 Å². The monoisotopic (exact) mass is 318 g/mol. The van der Waals surface area contributed by atoms with E-state index in [-0.39, 0.29) is 5.56 Å². The van der Waals surface area contributed by atoms with Crippen LogP contribution in [0, 0.1) is 13.8 Å². The van der Waals surface area contributed by atoms with Gasteiger partial charge < -0.3 is 9.90 Å². The molecule has 0 aliphatic rings. The third-order valence-corrected chi connectivity index (χ3v) is 4.44. The van der Waals surface area contributed by atoms with Crippen LogP contribution >= 0.6 is 0 Å². The molecule has 1 aromatic heterocycles. The molecule has 0 fully saturated rings. The highest BCUT2D eigenvalue weighted by molar-refractivity contribution is 6.04. The van der Waals surface area contributed by atoms with Gasteiger partial charge >= 0.3 is 0 Å². The SMILES string of the molecule is Cc1ccc2nc(-c3ccc(C(C)C)cc3)c(C)c(C(=O)[O-])c2c1. The molecule has 0 aliphatic heterocycles. The fraction of sp³-hybridized carbons (Fsp3) is 0.238. The summed E-state index contributed by atoms with van der Waals surface area (Å²) in [6, 6.07) is 13.8. The number of hydrogen-bond acceptors (Lipinski definition) is 3. The molecule has 0 unspecified atom stereocenters. The standard InChI is InChI=1S/C21H21NO2/c1-12(2)15-6-8-16(9-7-15)20-14(4)19(21(23)24)17-11-13(3)5-10-18(17)22-20/h5-12H,1-4H3,(H,23,24)/p-1. The molecular weight excluding hydrogens is 298 g/mol. The smallest absolute Gasteiger partial charge is 0.0745 e. The summed E-state index contributed by atoms with van der Waals surface area (Å²) in [5.41, 5.74) is 5.40. The third kappa shape index (κ3) is 2.78. The molecule has 3 heteroatoms. The highest BCUT2D eigenvalue weighted by atomic mass is 16.4. The summed E-state index contributed by atoms with van der Waals surface area (Å²) >= 11 is 0. The van der Waals surface area contributed by atoms with Gasteiger partial charge in [0.05, 0.1) is 17.2 Å². The van der Waals surface area contributed by atoms with Gasteiger partial charge in [-0.1, -0.05) is 49.7 Å². The molecule has 3 aromatic rings. The van der Waals surface area contributed by atoms with Crippen molar-refractivity contribution >= 4 is 16.9 Å². The number of carboxylic acids is 1. The number of benzene rings is 2. The molecular formula is C21H20NO2-. The van der Waals surface area contributed by atoms with Crippen LogP contribution < -0.4 is 5.11 Å². The van der Waals surface area contributed by atoms with E-state index in [4.69, 9.17) is 4.98 Å². The van der Waals surface area contributed by atoms with Crippen LogP contribution in [0.25, 0.3) is 22.2 Å². The van der Waals surface area contributed by atoms with Crippen LogP contribution in [0.15, 0.2) is 42.5 Å². The van der Waals surface area contributed by atoms with Gasteiger partial charge in [-0.2, -0.15) is 0 Å². The van der Waals surface area contributed by atoms with Crippen LogP contribution in [-0.2, 0) is 0 Å². The Balaban J connectivity index is 2.27. The Kier molecular flexibility index (Phi) is 4.10. The lowest BCUT2D eigenvalue weighted by Gasteiger charge is -2.16. The van der Waals surface area contributed by atoms with E-state index in [9.17, 15) is 9.90 Å². The summed E-state index contributed by atoms with van der Waals surface area (Å²) in [4.78, 5) is 16.4. The lowest BCUT2D eigenvalue weighted by Crippen LogP contribution is -2.24. The maximum Gasteiger partial charge on any atom is 0.0745 e. The van der Waals surface area contributed by atoms with E-state index >= 15 is 0 Å². The highest BCUT2D eigenvalue weighted by Crippen LogP contribution is 2.30. The second-order valence-electron chi connectivity index (χ2n) is 6.55. The molecule has 122 valence electrons. The first-order chi connectivity index (χ1) is 11.4. The number of carbonyl (C=O) groups excluding carboxylic acids is 1. The number of aromatic nitrogens is 1. The van der Waals surface area contributed by atoms with E-state index < -0.39 is 5.97 Å². The molecule has 3 nitrogen and oxygen atoms in total. The summed E-state index contributed by atoms with van der Waals surface area (Å²) in [5.74, 6) is -0.711. The van der Waals surface area contributed by atoms with Crippen molar-refractivity contribution in [1.29, 1.82) is 0 Å². The quantitative estimate of drug-likeness (QED) is 0.733. The molecule has 0 amide bonds. The first-order valence-corrected chi connectivity index (χ1v) is 8.11. The van der Waals surface area contributed by atoms with Gasteiger partial charge in [0, 0.05) is 16.5 Å². The van der Waals surface area contributed by atoms with Crippen molar-refractivity contribution in [3.05, 3.63) is 64.7 Å². The maximum atomic E-state index is 11.7. The number of pyridine rings is 1.